The Morgan fingerprint density at radius 2 is 1.65 bits per heavy atom. The van der Waals surface area contributed by atoms with E-state index in [-0.39, 0.29) is 5.41 Å². The van der Waals surface area contributed by atoms with Crippen molar-refractivity contribution in [2.45, 2.75) is 71.1 Å². The van der Waals surface area contributed by atoms with Crippen LogP contribution in [0.3, 0.4) is 0 Å². The highest BCUT2D eigenvalue weighted by atomic mass is 16.2. The maximum Gasteiger partial charge on any atom is 0.225 e. The van der Waals surface area contributed by atoms with Gasteiger partial charge in [0.1, 0.15) is 0 Å². The summed E-state index contributed by atoms with van der Waals surface area (Å²) in [4.78, 5) is 12.0. The second-order valence-electron chi connectivity index (χ2n) is 6.32. The topological polar surface area (TPSA) is 29.1 Å². The van der Waals surface area contributed by atoms with Crippen molar-refractivity contribution in [1.82, 2.24) is 5.32 Å². The molecule has 3 rings (SSSR count). The lowest BCUT2D eigenvalue weighted by molar-refractivity contribution is -0.140. The molecule has 17 heavy (non-hydrogen) atoms. The van der Waals surface area contributed by atoms with Gasteiger partial charge in [-0.1, -0.05) is 26.2 Å². The van der Waals surface area contributed by atoms with Gasteiger partial charge in [0.05, 0.1) is 0 Å². The van der Waals surface area contributed by atoms with Crippen LogP contribution in [0.2, 0.25) is 0 Å². The van der Waals surface area contributed by atoms with Crippen molar-refractivity contribution in [3.8, 4) is 0 Å². The molecule has 0 radical (unpaired) electrons. The summed E-state index contributed by atoms with van der Waals surface area (Å²) < 4.78 is 0. The van der Waals surface area contributed by atoms with Crippen molar-refractivity contribution < 1.29 is 4.79 Å². The molecule has 0 atom stereocenters. The van der Waals surface area contributed by atoms with Gasteiger partial charge in [-0.2, -0.15) is 0 Å². The molecule has 3 saturated carbocycles. The highest BCUT2D eigenvalue weighted by Gasteiger charge is 2.51. The Labute approximate surface area is 106 Å². The van der Waals surface area contributed by atoms with Gasteiger partial charge in [-0.15, -0.1) is 0 Å². The molecule has 0 aromatic rings. The maximum atomic E-state index is 12.0. The number of unbranched alkanes of at least 4 members (excludes halogenated alkanes) is 2. The monoisotopic (exact) mass is 237 g/mol. The summed E-state index contributed by atoms with van der Waals surface area (Å²) in [5.74, 6) is 0.305. The van der Waals surface area contributed by atoms with E-state index in [1.165, 1.54) is 44.9 Å². The average molecular weight is 237 g/mol. The lowest BCUT2D eigenvalue weighted by Crippen LogP contribution is -2.49. The zero-order valence-corrected chi connectivity index (χ0v) is 11.5. The van der Waals surface area contributed by atoms with Crippen LogP contribution in [0, 0.1) is 10.8 Å². The second-order valence-corrected chi connectivity index (χ2v) is 6.32. The van der Waals surface area contributed by atoms with Gasteiger partial charge in [-0.3, -0.25) is 4.79 Å². The molecule has 3 aliphatic rings. The van der Waals surface area contributed by atoms with Crippen LogP contribution in [0.25, 0.3) is 0 Å². The number of hydrogen-bond acceptors (Lipinski definition) is 1. The van der Waals surface area contributed by atoms with Crippen LogP contribution in [0.1, 0.15) is 71.1 Å². The second kappa shape index (κ2) is 4.99. The third-order valence-corrected chi connectivity index (χ3v) is 5.42. The number of rotatable bonds is 5. The molecule has 3 fully saturated rings. The van der Waals surface area contributed by atoms with Gasteiger partial charge in [0.2, 0.25) is 5.91 Å². The van der Waals surface area contributed by atoms with E-state index in [2.05, 4.69) is 12.2 Å². The van der Waals surface area contributed by atoms with E-state index < -0.39 is 0 Å². The third-order valence-electron chi connectivity index (χ3n) is 5.42. The van der Waals surface area contributed by atoms with E-state index >= 15 is 0 Å². The van der Waals surface area contributed by atoms with Gasteiger partial charge in [-0.25, -0.2) is 0 Å². The van der Waals surface area contributed by atoms with Gasteiger partial charge in [0.25, 0.3) is 0 Å². The summed E-state index contributed by atoms with van der Waals surface area (Å²) in [7, 11) is 1.79. The van der Waals surface area contributed by atoms with Crippen LogP contribution < -0.4 is 5.32 Å². The maximum absolute atomic E-state index is 12.0. The van der Waals surface area contributed by atoms with Crippen LogP contribution in [0.5, 0.6) is 0 Å². The largest absolute Gasteiger partial charge is 0.359 e. The predicted molar refractivity (Wildman–Crippen MR) is 70.8 cm³/mol. The zero-order valence-electron chi connectivity index (χ0n) is 11.5. The van der Waals surface area contributed by atoms with Gasteiger partial charge in [0.15, 0.2) is 0 Å². The average Bonchev–Trinajstić information content (AvgIpc) is 2.40. The minimum Gasteiger partial charge on any atom is -0.359 e. The number of carbonyl (C=O) groups excluding carboxylic acids is 1. The fourth-order valence-corrected chi connectivity index (χ4v) is 3.99. The molecule has 2 nitrogen and oxygen atoms in total. The first-order chi connectivity index (χ1) is 8.16. The molecule has 0 saturated heterocycles. The normalized spacial score (nSPS) is 35.9. The SMILES string of the molecule is CCCCCC12CCC(C(=O)NC)(CC1)CC2. The van der Waals surface area contributed by atoms with E-state index in [4.69, 9.17) is 0 Å². The predicted octanol–water partition coefficient (Wildman–Crippen LogP) is 3.65. The van der Waals surface area contributed by atoms with Crippen LogP contribution >= 0.6 is 0 Å². The van der Waals surface area contributed by atoms with Gasteiger partial charge < -0.3 is 5.32 Å². The highest BCUT2D eigenvalue weighted by molar-refractivity contribution is 5.82. The number of fused-ring (bicyclic) bond motifs is 3. The summed E-state index contributed by atoms with van der Waals surface area (Å²) in [6.45, 7) is 2.27. The molecule has 0 spiro atoms. The quantitative estimate of drug-likeness (QED) is 0.726. The Kier molecular flexibility index (Phi) is 3.79. The lowest BCUT2D eigenvalue weighted by atomic mass is 9.52. The van der Waals surface area contributed by atoms with Crippen molar-refractivity contribution in [3.63, 3.8) is 0 Å². The molecule has 1 amide bonds. The summed E-state index contributed by atoms with van der Waals surface area (Å²) in [6.07, 6.45) is 12.8. The Hall–Kier alpha value is -0.530. The Bertz CT molecular complexity index is 260. The number of hydrogen-bond donors (Lipinski definition) is 1. The van der Waals surface area contributed by atoms with Crippen LogP contribution in [0.15, 0.2) is 0 Å². The first-order valence-electron chi connectivity index (χ1n) is 7.39. The molecular formula is C15H27NO. The van der Waals surface area contributed by atoms with E-state index in [0.29, 0.717) is 11.3 Å². The van der Waals surface area contributed by atoms with Gasteiger partial charge in [0, 0.05) is 12.5 Å². The third kappa shape index (κ3) is 2.36. The molecule has 0 aliphatic heterocycles. The molecule has 2 bridgehead atoms. The first kappa shape index (κ1) is 12.9. The molecule has 0 aromatic heterocycles. The molecule has 2 heteroatoms. The molecule has 3 aliphatic carbocycles. The minimum absolute atomic E-state index is 0.0151. The van der Waals surface area contributed by atoms with Crippen molar-refractivity contribution in [2.24, 2.45) is 10.8 Å². The van der Waals surface area contributed by atoms with Gasteiger partial charge in [-0.05, 0) is 50.4 Å². The van der Waals surface area contributed by atoms with E-state index in [9.17, 15) is 4.79 Å². The fourth-order valence-electron chi connectivity index (χ4n) is 3.99. The van der Waals surface area contributed by atoms with E-state index in [1.807, 2.05) is 0 Å². The van der Waals surface area contributed by atoms with Crippen molar-refractivity contribution in [3.05, 3.63) is 0 Å². The first-order valence-corrected chi connectivity index (χ1v) is 7.39. The van der Waals surface area contributed by atoms with E-state index in [0.717, 1.165) is 19.3 Å². The summed E-state index contributed by atoms with van der Waals surface area (Å²) in [5.41, 5.74) is 0.631. The van der Waals surface area contributed by atoms with Crippen LogP contribution in [-0.2, 0) is 4.79 Å². The van der Waals surface area contributed by atoms with Crippen LogP contribution in [-0.4, -0.2) is 13.0 Å². The zero-order chi connectivity index (χ0) is 12.4. The molecular weight excluding hydrogens is 210 g/mol. The van der Waals surface area contributed by atoms with Gasteiger partial charge >= 0.3 is 0 Å². The lowest BCUT2D eigenvalue weighted by Gasteiger charge is -2.52. The van der Waals surface area contributed by atoms with Crippen LogP contribution in [0.4, 0.5) is 0 Å². The van der Waals surface area contributed by atoms with Crippen molar-refractivity contribution >= 4 is 5.91 Å². The molecule has 1 N–H and O–H groups in total. The Morgan fingerprint density at radius 1 is 1.06 bits per heavy atom. The molecule has 0 heterocycles. The van der Waals surface area contributed by atoms with Crippen molar-refractivity contribution in [2.75, 3.05) is 7.05 Å². The standard InChI is InChI=1S/C15H27NO/c1-3-4-5-6-14-7-10-15(11-8-14,12-9-14)13(17)16-2/h3-12H2,1-2H3,(H,16,17). The summed E-state index contributed by atoms with van der Waals surface area (Å²) in [6, 6.07) is 0. The Morgan fingerprint density at radius 3 is 2.12 bits per heavy atom. The molecule has 0 aromatic carbocycles. The molecule has 0 unspecified atom stereocenters. The fraction of sp³-hybridized carbons (Fsp3) is 0.933. The van der Waals surface area contributed by atoms with E-state index in [1.54, 1.807) is 7.05 Å². The number of amides is 1. The minimum atomic E-state index is 0.0151. The smallest absolute Gasteiger partial charge is 0.225 e. The molecule has 98 valence electrons. The summed E-state index contributed by atoms with van der Waals surface area (Å²) >= 11 is 0. The Balaban J connectivity index is 1.92. The number of carbonyl (C=O) groups is 1. The highest BCUT2D eigenvalue weighted by Crippen LogP contribution is 2.58. The van der Waals surface area contributed by atoms with Crippen molar-refractivity contribution in [1.29, 1.82) is 0 Å². The number of nitrogens with one attached hydrogen (secondary N) is 1. The summed E-state index contributed by atoms with van der Waals surface area (Å²) in [5, 5.41) is 2.88.